The zero-order valence-electron chi connectivity index (χ0n) is 10.7. The summed E-state index contributed by atoms with van der Waals surface area (Å²) in [5, 5.41) is 20.7. The average molecular weight is 268 g/mol. The fraction of sp³-hybridized carbons (Fsp3) is 0.0714. The van der Waals surface area contributed by atoms with Crippen molar-refractivity contribution in [3.8, 4) is 5.75 Å². The van der Waals surface area contributed by atoms with Crippen LogP contribution in [0, 0.1) is 6.92 Å². The summed E-state index contributed by atoms with van der Waals surface area (Å²) < 4.78 is 0. The predicted molar refractivity (Wildman–Crippen MR) is 74.7 cm³/mol. The van der Waals surface area contributed by atoms with Crippen molar-refractivity contribution in [3.05, 3.63) is 47.8 Å². The average Bonchev–Trinajstić information content (AvgIpc) is 2.84. The molecule has 0 saturated heterocycles. The molecule has 1 amide bonds. The molecule has 0 aliphatic heterocycles. The lowest BCUT2D eigenvalue weighted by atomic mass is 10.0. The third-order valence-electron chi connectivity index (χ3n) is 2.97. The number of carbonyl (C=O) groups excluding carboxylic acids is 1. The lowest BCUT2D eigenvalue weighted by Gasteiger charge is -2.07. The molecule has 3 aromatic rings. The van der Waals surface area contributed by atoms with Crippen molar-refractivity contribution in [3.63, 3.8) is 0 Å². The van der Waals surface area contributed by atoms with Gasteiger partial charge in [-0.25, -0.2) is 0 Å². The van der Waals surface area contributed by atoms with Crippen LogP contribution in [-0.4, -0.2) is 26.2 Å². The lowest BCUT2D eigenvalue weighted by Crippen LogP contribution is -2.13. The van der Waals surface area contributed by atoms with Crippen molar-refractivity contribution in [2.75, 3.05) is 5.32 Å². The van der Waals surface area contributed by atoms with E-state index in [2.05, 4.69) is 20.5 Å². The summed E-state index contributed by atoms with van der Waals surface area (Å²) in [7, 11) is 0. The van der Waals surface area contributed by atoms with Crippen LogP contribution in [-0.2, 0) is 0 Å². The number of aromatic amines is 1. The summed E-state index contributed by atoms with van der Waals surface area (Å²) in [4.78, 5) is 16.1. The van der Waals surface area contributed by atoms with E-state index in [9.17, 15) is 9.90 Å². The van der Waals surface area contributed by atoms with E-state index < -0.39 is 5.91 Å². The molecule has 2 aromatic carbocycles. The molecule has 0 aliphatic rings. The Labute approximate surface area is 114 Å². The largest absolute Gasteiger partial charge is 0.506 e. The molecule has 0 spiro atoms. The van der Waals surface area contributed by atoms with Gasteiger partial charge in [-0.15, -0.1) is 5.10 Å². The third kappa shape index (κ3) is 2.07. The minimum Gasteiger partial charge on any atom is -0.506 e. The Kier molecular flexibility index (Phi) is 2.83. The normalized spacial score (nSPS) is 10.7. The number of nitrogens with one attached hydrogen (secondary N) is 2. The molecular formula is C14H12N4O2. The molecule has 0 fully saturated rings. The summed E-state index contributed by atoms with van der Waals surface area (Å²) in [5.41, 5.74) is 0.186. The van der Waals surface area contributed by atoms with Crippen LogP contribution < -0.4 is 5.32 Å². The van der Waals surface area contributed by atoms with E-state index in [1.807, 2.05) is 18.2 Å². The van der Waals surface area contributed by atoms with Crippen LogP contribution in [0.1, 0.15) is 16.2 Å². The molecule has 0 bridgehead atoms. The van der Waals surface area contributed by atoms with Gasteiger partial charge >= 0.3 is 0 Å². The quantitative estimate of drug-likeness (QED) is 0.664. The summed E-state index contributed by atoms with van der Waals surface area (Å²) in [6.07, 6.45) is 0. The molecule has 0 saturated carbocycles. The monoisotopic (exact) mass is 268 g/mol. The highest BCUT2D eigenvalue weighted by Crippen LogP contribution is 2.28. The maximum absolute atomic E-state index is 12.1. The van der Waals surface area contributed by atoms with Crippen molar-refractivity contribution >= 4 is 22.6 Å². The number of benzene rings is 2. The Morgan fingerprint density at radius 3 is 2.80 bits per heavy atom. The Bertz CT molecular complexity index is 795. The number of H-pyrrole nitrogens is 1. The van der Waals surface area contributed by atoms with Crippen LogP contribution in [0.3, 0.4) is 0 Å². The van der Waals surface area contributed by atoms with Gasteiger partial charge in [0, 0.05) is 5.39 Å². The molecule has 100 valence electrons. The Morgan fingerprint density at radius 2 is 2.05 bits per heavy atom. The second kappa shape index (κ2) is 4.65. The fourth-order valence-electron chi connectivity index (χ4n) is 2.01. The van der Waals surface area contributed by atoms with Gasteiger partial charge in [-0.1, -0.05) is 30.3 Å². The van der Waals surface area contributed by atoms with Crippen molar-refractivity contribution in [2.24, 2.45) is 0 Å². The Hall–Kier alpha value is -2.89. The minimum atomic E-state index is -0.452. The number of hydrogen-bond acceptors (Lipinski definition) is 4. The number of aromatic nitrogens is 3. The summed E-state index contributed by atoms with van der Waals surface area (Å²) in [5.74, 6) is 0.281. The molecule has 0 unspecified atom stereocenters. The van der Waals surface area contributed by atoms with Crippen LogP contribution in [0.5, 0.6) is 5.75 Å². The third-order valence-corrected chi connectivity index (χ3v) is 2.97. The molecule has 0 radical (unpaired) electrons. The first kappa shape index (κ1) is 12.2. The van der Waals surface area contributed by atoms with E-state index >= 15 is 0 Å². The van der Waals surface area contributed by atoms with Gasteiger partial charge in [0.2, 0.25) is 5.95 Å². The van der Waals surface area contributed by atoms with Gasteiger partial charge in [0.15, 0.2) is 0 Å². The zero-order valence-corrected chi connectivity index (χ0v) is 10.7. The van der Waals surface area contributed by atoms with Crippen LogP contribution in [0.2, 0.25) is 0 Å². The number of carbonyl (C=O) groups is 1. The second-order valence-corrected chi connectivity index (χ2v) is 4.38. The first-order valence-corrected chi connectivity index (χ1v) is 6.06. The molecule has 1 aromatic heterocycles. The van der Waals surface area contributed by atoms with E-state index in [0.717, 1.165) is 5.39 Å². The fourth-order valence-corrected chi connectivity index (χ4v) is 2.01. The highest BCUT2D eigenvalue weighted by atomic mass is 16.3. The number of phenols is 1. The van der Waals surface area contributed by atoms with E-state index in [-0.39, 0.29) is 17.3 Å². The highest BCUT2D eigenvalue weighted by Gasteiger charge is 2.15. The maximum atomic E-state index is 12.1. The van der Waals surface area contributed by atoms with Gasteiger partial charge in [-0.2, -0.15) is 4.98 Å². The SMILES string of the molecule is Cc1nc(NC(=O)c2ccc3ccccc3c2O)n[nH]1. The van der Waals surface area contributed by atoms with Gasteiger partial charge in [-0.3, -0.25) is 15.2 Å². The van der Waals surface area contributed by atoms with Crippen LogP contribution in [0.25, 0.3) is 10.8 Å². The standard InChI is InChI=1S/C14H12N4O2/c1-8-15-14(18-17-8)16-13(20)11-7-6-9-4-2-3-5-10(9)12(11)19/h2-7,19H,1H3,(H2,15,16,17,18,20). The van der Waals surface area contributed by atoms with Crippen LogP contribution in [0.15, 0.2) is 36.4 Å². The molecular weight excluding hydrogens is 256 g/mol. The Morgan fingerprint density at radius 1 is 1.25 bits per heavy atom. The first-order chi connectivity index (χ1) is 9.65. The molecule has 20 heavy (non-hydrogen) atoms. The van der Waals surface area contributed by atoms with Crippen LogP contribution in [0.4, 0.5) is 5.95 Å². The molecule has 6 nitrogen and oxygen atoms in total. The molecule has 6 heteroatoms. The minimum absolute atomic E-state index is 0.0483. The van der Waals surface area contributed by atoms with Gasteiger partial charge < -0.3 is 5.11 Å². The predicted octanol–water partition coefficient (Wildman–Crippen LogP) is 2.22. The Balaban J connectivity index is 1.97. The zero-order chi connectivity index (χ0) is 14.1. The van der Waals surface area contributed by atoms with Crippen molar-refractivity contribution in [1.82, 2.24) is 15.2 Å². The highest BCUT2D eigenvalue weighted by molar-refractivity contribution is 6.09. The number of nitrogens with zero attached hydrogens (tertiary/aromatic N) is 2. The molecule has 3 N–H and O–H groups in total. The second-order valence-electron chi connectivity index (χ2n) is 4.38. The van der Waals surface area contributed by atoms with E-state index in [1.54, 1.807) is 25.1 Å². The number of phenolic OH excluding ortho intramolecular Hbond substituents is 1. The number of amides is 1. The summed E-state index contributed by atoms with van der Waals surface area (Å²) >= 11 is 0. The van der Waals surface area contributed by atoms with Crippen molar-refractivity contribution in [1.29, 1.82) is 0 Å². The first-order valence-electron chi connectivity index (χ1n) is 6.06. The summed E-state index contributed by atoms with van der Waals surface area (Å²) in [6, 6.07) is 10.7. The van der Waals surface area contributed by atoms with Gasteiger partial charge in [0.05, 0.1) is 5.56 Å². The van der Waals surface area contributed by atoms with Crippen molar-refractivity contribution in [2.45, 2.75) is 6.92 Å². The van der Waals surface area contributed by atoms with Gasteiger partial charge in [-0.05, 0) is 18.4 Å². The maximum Gasteiger partial charge on any atom is 0.261 e. The smallest absolute Gasteiger partial charge is 0.261 e. The topological polar surface area (TPSA) is 90.9 Å². The number of anilines is 1. The molecule has 1 heterocycles. The van der Waals surface area contributed by atoms with Crippen molar-refractivity contribution < 1.29 is 9.90 Å². The molecule has 3 rings (SSSR count). The van der Waals surface area contributed by atoms with E-state index in [0.29, 0.717) is 11.2 Å². The van der Waals surface area contributed by atoms with Crippen LogP contribution >= 0.6 is 0 Å². The van der Waals surface area contributed by atoms with Gasteiger partial charge in [0.25, 0.3) is 5.91 Å². The summed E-state index contributed by atoms with van der Waals surface area (Å²) in [6.45, 7) is 1.73. The molecule has 0 atom stereocenters. The molecule has 0 aliphatic carbocycles. The van der Waals surface area contributed by atoms with E-state index in [4.69, 9.17) is 0 Å². The van der Waals surface area contributed by atoms with E-state index in [1.165, 1.54) is 0 Å². The lowest BCUT2D eigenvalue weighted by molar-refractivity contribution is 0.102. The number of hydrogen-bond donors (Lipinski definition) is 3. The number of aromatic hydroxyl groups is 1. The number of fused-ring (bicyclic) bond motifs is 1. The number of rotatable bonds is 2. The number of aryl methyl sites for hydroxylation is 1. The van der Waals surface area contributed by atoms with Gasteiger partial charge in [0.1, 0.15) is 11.6 Å².